The predicted octanol–water partition coefficient (Wildman–Crippen LogP) is 2.40. The van der Waals surface area contributed by atoms with Gasteiger partial charge in [0.25, 0.3) is 5.91 Å². The van der Waals surface area contributed by atoms with E-state index in [4.69, 9.17) is 0 Å². The molecule has 0 N–H and O–H groups in total. The van der Waals surface area contributed by atoms with Gasteiger partial charge in [-0.15, -0.1) is 11.8 Å². The van der Waals surface area contributed by atoms with Gasteiger partial charge in [-0.3, -0.25) is 9.59 Å². The largest absolute Gasteiger partial charge is 0.321 e. The number of rotatable bonds is 4. The van der Waals surface area contributed by atoms with E-state index in [1.807, 2.05) is 13.8 Å². The van der Waals surface area contributed by atoms with Crippen LogP contribution in [0.25, 0.3) is 0 Å². The van der Waals surface area contributed by atoms with Crippen LogP contribution < -0.4 is 0 Å². The van der Waals surface area contributed by atoms with E-state index in [9.17, 15) is 9.59 Å². The van der Waals surface area contributed by atoms with Crippen molar-refractivity contribution in [3.8, 4) is 0 Å². The molecule has 116 valence electrons. The average molecular weight is 309 g/mol. The Morgan fingerprint density at radius 2 is 2.10 bits per heavy atom. The summed E-state index contributed by atoms with van der Waals surface area (Å²) in [6.07, 6.45) is 3.17. The second-order valence-corrected chi connectivity index (χ2v) is 6.63. The summed E-state index contributed by atoms with van der Waals surface area (Å²) < 4.78 is 1.50. The quantitative estimate of drug-likeness (QED) is 0.857. The third-order valence-corrected chi connectivity index (χ3v) is 5.13. The van der Waals surface area contributed by atoms with Crippen molar-refractivity contribution in [2.24, 2.45) is 0 Å². The van der Waals surface area contributed by atoms with Crippen LogP contribution in [0.2, 0.25) is 0 Å². The zero-order valence-electron chi connectivity index (χ0n) is 13.2. The molecule has 2 rings (SSSR count). The minimum absolute atomic E-state index is 0.0499. The van der Waals surface area contributed by atoms with Crippen LogP contribution in [0.3, 0.4) is 0 Å². The number of unbranched alkanes of at least 4 members (excludes halogenated alkanes) is 1. The molecule has 0 aliphatic carbocycles. The third kappa shape index (κ3) is 3.15. The molecule has 0 spiro atoms. The molecule has 1 saturated heterocycles. The Labute approximate surface area is 130 Å². The van der Waals surface area contributed by atoms with Gasteiger partial charge in [-0.2, -0.15) is 5.10 Å². The van der Waals surface area contributed by atoms with Crippen LogP contribution in [0.4, 0.5) is 0 Å². The van der Waals surface area contributed by atoms with Gasteiger partial charge in [0.1, 0.15) is 0 Å². The van der Waals surface area contributed by atoms with Crippen molar-refractivity contribution in [2.45, 2.75) is 52.3 Å². The fraction of sp³-hybridized carbons (Fsp3) is 0.667. The van der Waals surface area contributed by atoms with Crippen molar-refractivity contribution in [2.75, 3.05) is 12.3 Å². The first-order valence-corrected chi connectivity index (χ1v) is 8.50. The molecular weight excluding hydrogens is 286 g/mol. The van der Waals surface area contributed by atoms with Crippen LogP contribution in [0.15, 0.2) is 0 Å². The molecule has 1 aromatic rings. The van der Waals surface area contributed by atoms with E-state index < -0.39 is 5.37 Å². The van der Waals surface area contributed by atoms with Crippen LogP contribution in [0.5, 0.6) is 0 Å². The number of aryl methyl sites for hydroxylation is 1. The number of thioether (sulfide) groups is 1. The summed E-state index contributed by atoms with van der Waals surface area (Å²) in [5.74, 6) is 0.653. The normalized spacial score (nSPS) is 18.3. The van der Waals surface area contributed by atoms with Crippen LogP contribution in [0.1, 0.15) is 48.4 Å². The Balaban J connectivity index is 2.25. The van der Waals surface area contributed by atoms with Crippen molar-refractivity contribution in [1.82, 2.24) is 14.7 Å². The maximum Gasteiger partial charge on any atom is 0.280 e. The molecule has 0 bridgehead atoms. The van der Waals surface area contributed by atoms with Gasteiger partial charge in [-0.1, -0.05) is 13.3 Å². The molecule has 0 aromatic carbocycles. The van der Waals surface area contributed by atoms with Gasteiger partial charge in [0.15, 0.2) is 5.37 Å². The summed E-state index contributed by atoms with van der Waals surface area (Å²) in [7, 11) is 0. The maximum atomic E-state index is 12.7. The lowest BCUT2D eigenvalue weighted by Crippen LogP contribution is -2.41. The highest BCUT2D eigenvalue weighted by Crippen LogP contribution is 2.26. The highest BCUT2D eigenvalue weighted by Gasteiger charge is 2.35. The summed E-state index contributed by atoms with van der Waals surface area (Å²) in [5, 5.41) is 3.99. The fourth-order valence-electron chi connectivity index (χ4n) is 2.71. The van der Waals surface area contributed by atoms with E-state index in [-0.39, 0.29) is 11.8 Å². The molecule has 2 heterocycles. The van der Waals surface area contributed by atoms with Crippen LogP contribution in [-0.2, 0) is 11.2 Å². The van der Waals surface area contributed by atoms with E-state index >= 15 is 0 Å². The lowest BCUT2D eigenvalue weighted by molar-refractivity contribution is -0.128. The Kier molecular flexibility index (Phi) is 5.08. The van der Waals surface area contributed by atoms with Gasteiger partial charge < -0.3 is 4.90 Å². The van der Waals surface area contributed by atoms with Gasteiger partial charge in [-0.05, 0) is 32.3 Å². The predicted molar refractivity (Wildman–Crippen MR) is 84.6 cm³/mol. The molecule has 1 unspecified atom stereocenters. The number of nitrogens with zero attached hydrogens (tertiary/aromatic N) is 3. The molecule has 1 aliphatic heterocycles. The molecule has 5 nitrogen and oxygen atoms in total. The van der Waals surface area contributed by atoms with Gasteiger partial charge in [0, 0.05) is 24.9 Å². The molecule has 1 amide bonds. The number of hydrogen-bond donors (Lipinski definition) is 0. The Bertz CT molecular complexity index is 553. The first-order chi connectivity index (χ1) is 9.97. The number of hydrogen-bond acceptors (Lipinski definition) is 4. The number of aromatic nitrogens is 2. The molecule has 1 atom stereocenters. The molecule has 0 saturated carbocycles. The van der Waals surface area contributed by atoms with E-state index in [2.05, 4.69) is 12.0 Å². The second kappa shape index (κ2) is 6.64. The maximum absolute atomic E-state index is 12.7. The highest BCUT2D eigenvalue weighted by atomic mass is 32.2. The number of carbonyl (C=O) groups excluding carboxylic acids is 2. The monoisotopic (exact) mass is 309 g/mol. The smallest absolute Gasteiger partial charge is 0.280 e. The highest BCUT2D eigenvalue weighted by molar-refractivity contribution is 8.00. The van der Waals surface area contributed by atoms with E-state index in [1.165, 1.54) is 28.9 Å². The molecule has 6 heteroatoms. The van der Waals surface area contributed by atoms with Gasteiger partial charge in [0.05, 0.1) is 5.69 Å². The Morgan fingerprint density at radius 3 is 2.71 bits per heavy atom. The molecule has 21 heavy (non-hydrogen) atoms. The second-order valence-electron chi connectivity index (χ2n) is 5.44. The van der Waals surface area contributed by atoms with Crippen molar-refractivity contribution in [3.63, 3.8) is 0 Å². The molecule has 1 aromatic heterocycles. The third-order valence-electron chi connectivity index (χ3n) is 3.94. The minimum Gasteiger partial charge on any atom is -0.321 e. The topological polar surface area (TPSA) is 55.2 Å². The molecular formula is C15H23N3O2S. The summed E-state index contributed by atoms with van der Waals surface area (Å²) in [6.45, 7) is 8.20. The Hall–Kier alpha value is -1.30. The molecule has 1 aliphatic rings. The standard InChI is InChI=1S/C15H23N3O2S/c1-5-6-7-13-10(2)16-18(11(13)3)14(20)15-17(12(4)19)8-9-21-15/h15H,5-9H2,1-4H3. The van der Waals surface area contributed by atoms with E-state index in [0.29, 0.717) is 6.54 Å². The summed E-state index contributed by atoms with van der Waals surface area (Å²) in [6, 6.07) is 0. The SMILES string of the molecule is CCCCc1c(C)nn(C(=O)C2SCCN2C(C)=O)c1C. The molecule has 1 fully saturated rings. The van der Waals surface area contributed by atoms with E-state index in [0.717, 1.165) is 36.4 Å². The average Bonchev–Trinajstić information content (AvgIpc) is 3.02. The van der Waals surface area contributed by atoms with Crippen LogP contribution >= 0.6 is 11.8 Å². The molecule has 0 radical (unpaired) electrons. The van der Waals surface area contributed by atoms with Crippen LogP contribution in [0, 0.1) is 13.8 Å². The fourth-order valence-corrected chi connectivity index (χ4v) is 3.91. The summed E-state index contributed by atoms with van der Waals surface area (Å²) in [5.41, 5.74) is 3.01. The first kappa shape index (κ1) is 16.1. The minimum atomic E-state index is -0.431. The van der Waals surface area contributed by atoms with Gasteiger partial charge in [0.2, 0.25) is 5.91 Å². The lowest BCUT2D eigenvalue weighted by atomic mass is 10.1. The first-order valence-electron chi connectivity index (χ1n) is 7.45. The zero-order chi connectivity index (χ0) is 15.6. The number of carbonyl (C=O) groups is 2. The zero-order valence-corrected chi connectivity index (χ0v) is 14.0. The van der Waals surface area contributed by atoms with Crippen molar-refractivity contribution >= 4 is 23.6 Å². The van der Waals surface area contributed by atoms with Gasteiger partial charge >= 0.3 is 0 Å². The van der Waals surface area contributed by atoms with Crippen molar-refractivity contribution in [3.05, 3.63) is 17.0 Å². The summed E-state index contributed by atoms with van der Waals surface area (Å²) >= 11 is 1.52. The van der Waals surface area contributed by atoms with Crippen LogP contribution in [-0.4, -0.2) is 44.2 Å². The van der Waals surface area contributed by atoms with E-state index in [1.54, 1.807) is 4.90 Å². The Morgan fingerprint density at radius 1 is 1.38 bits per heavy atom. The summed E-state index contributed by atoms with van der Waals surface area (Å²) in [4.78, 5) is 26.0. The lowest BCUT2D eigenvalue weighted by Gasteiger charge is -2.21. The number of amides is 1. The van der Waals surface area contributed by atoms with Gasteiger partial charge in [-0.25, -0.2) is 4.68 Å². The van der Waals surface area contributed by atoms with Crippen molar-refractivity contribution < 1.29 is 9.59 Å². The van der Waals surface area contributed by atoms with Crippen molar-refractivity contribution in [1.29, 1.82) is 0 Å².